The Kier molecular flexibility index (Phi) is 4.60. The van der Waals surface area contributed by atoms with Crippen molar-refractivity contribution in [3.8, 4) is 22.3 Å². The molecule has 0 nitrogen and oxygen atoms in total. The fourth-order valence-electron chi connectivity index (χ4n) is 6.57. The maximum atomic E-state index is 2.52. The van der Waals surface area contributed by atoms with Crippen LogP contribution in [0.15, 0.2) is 78.9 Å². The van der Waals surface area contributed by atoms with Crippen LogP contribution in [-0.2, 0) is 22.7 Å². The zero-order valence-corrected chi connectivity index (χ0v) is 22.2. The number of fused-ring (bicyclic) bond motifs is 10. The lowest BCUT2D eigenvalue weighted by atomic mass is 9.65. The summed E-state index contributed by atoms with van der Waals surface area (Å²) in [6.07, 6.45) is 1.04. The largest absolute Gasteiger partial charge is 0.0728 e. The van der Waals surface area contributed by atoms with Crippen LogP contribution in [0.3, 0.4) is 0 Å². The van der Waals surface area contributed by atoms with Gasteiger partial charge in [-0.2, -0.15) is 0 Å². The lowest BCUT2D eigenvalue weighted by Crippen LogP contribution is -2.30. The summed E-state index contributed by atoms with van der Waals surface area (Å²) in [7, 11) is 0. The van der Waals surface area contributed by atoms with Crippen LogP contribution in [0.4, 0.5) is 0 Å². The van der Waals surface area contributed by atoms with Gasteiger partial charge in [0.15, 0.2) is 0 Å². The molecule has 4 aromatic carbocycles. The molecule has 0 aliphatic heterocycles. The third-order valence-electron chi connectivity index (χ3n) is 8.33. The highest BCUT2D eigenvalue weighted by Gasteiger charge is 2.53. The lowest BCUT2D eigenvalue weighted by Gasteiger charge is -2.36. The van der Waals surface area contributed by atoms with Crippen molar-refractivity contribution >= 4 is 0 Å². The molecule has 35 heavy (non-hydrogen) atoms. The van der Waals surface area contributed by atoms with Gasteiger partial charge >= 0.3 is 0 Å². The Morgan fingerprint density at radius 2 is 1.14 bits per heavy atom. The minimum Gasteiger partial charge on any atom is -0.0619 e. The van der Waals surface area contributed by atoms with Gasteiger partial charge in [0.25, 0.3) is 0 Å². The number of hydrogen-bond acceptors (Lipinski definition) is 0. The smallest absolute Gasteiger partial charge is 0.0619 e. The normalized spacial score (nSPS) is 15.1. The average Bonchev–Trinajstić information content (AvgIpc) is 3.29. The lowest BCUT2D eigenvalue weighted by molar-refractivity contribution is 0.558. The molecule has 2 aliphatic carbocycles. The predicted octanol–water partition coefficient (Wildman–Crippen LogP) is 9.19. The molecule has 0 amide bonds. The van der Waals surface area contributed by atoms with Gasteiger partial charge in [0, 0.05) is 0 Å². The van der Waals surface area contributed by atoms with Crippen LogP contribution < -0.4 is 0 Å². The molecule has 0 radical (unpaired) electrons. The van der Waals surface area contributed by atoms with Crippen molar-refractivity contribution in [3.05, 3.63) is 118 Å². The van der Waals surface area contributed by atoms with E-state index in [9.17, 15) is 0 Å². The highest BCUT2D eigenvalue weighted by atomic mass is 14.5. The van der Waals surface area contributed by atoms with Crippen molar-refractivity contribution in [1.82, 2.24) is 0 Å². The number of rotatable bonds is 1. The Morgan fingerprint density at radius 3 is 1.69 bits per heavy atom. The monoisotopic (exact) mass is 456 g/mol. The Hall–Kier alpha value is -3.12. The predicted molar refractivity (Wildman–Crippen MR) is 150 cm³/mol. The molecule has 1 spiro atoms. The molecule has 0 N–H and O–H groups in total. The molecule has 176 valence electrons. The van der Waals surface area contributed by atoms with Crippen LogP contribution in [0.5, 0.6) is 0 Å². The second-order valence-corrected chi connectivity index (χ2v) is 12.5. The van der Waals surface area contributed by atoms with Gasteiger partial charge < -0.3 is 0 Å². The Bertz CT molecular complexity index is 1440. The van der Waals surface area contributed by atoms with E-state index in [4.69, 9.17) is 0 Å². The maximum absolute atomic E-state index is 2.52. The van der Waals surface area contributed by atoms with Gasteiger partial charge in [0.05, 0.1) is 5.41 Å². The van der Waals surface area contributed by atoms with E-state index < -0.39 is 0 Å². The van der Waals surface area contributed by atoms with Gasteiger partial charge in [0.1, 0.15) is 0 Å². The molecule has 6 rings (SSSR count). The summed E-state index contributed by atoms with van der Waals surface area (Å²) in [4.78, 5) is 0. The standard InChI is InChI=1S/C35H36/c1-8-22-17-18-26-27-20-23(33(2,3)4)21-31(34(5,6)7)32(27)35(30(26)19-22)28-15-11-9-13-24(28)25-14-10-12-16-29(25)35/h9-21H,8H2,1-7H3. The molecule has 0 fully saturated rings. The van der Waals surface area contributed by atoms with Gasteiger partial charge in [-0.15, -0.1) is 0 Å². The first-order chi connectivity index (χ1) is 16.6. The first-order valence-electron chi connectivity index (χ1n) is 13.1. The van der Waals surface area contributed by atoms with Crippen LogP contribution in [0, 0.1) is 0 Å². The van der Waals surface area contributed by atoms with Gasteiger partial charge in [-0.25, -0.2) is 0 Å². The van der Waals surface area contributed by atoms with Gasteiger partial charge in [0.2, 0.25) is 0 Å². The zero-order valence-electron chi connectivity index (χ0n) is 22.2. The van der Waals surface area contributed by atoms with Crippen molar-refractivity contribution in [2.24, 2.45) is 0 Å². The van der Waals surface area contributed by atoms with E-state index in [1.54, 1.807) is 0 Å². The molecule has 0 saturated heterocycles. The van der Waals surface area contributed by atoms with E-state index in [-0.39, 0.29) is 16.2 Å². The summed E-state index contributed by atoms with van der Waals surface area (Å²) in [5.74, 6) is 0. The fourth-order valence-corrected chi connectivity index (χ4v) is 6.57. The quantitative estimate of drug-likeness (QED) is 0.231. The highest BCUT2D eigenvalue weighted by molar-refractivity contribution is 5.96. The molecular formula is C35H36. The van der Waals surface area contributed by atoms with Crippen LogP contribution in [-0.4, -0.2) is 0 Å². The van der Waals surface area contributed by atoms with E-state index in [1.807, 2.05) is 0 Å². The van der Waals surface area contributed by atoms with Crippen LogP contribution >= 0.6 is 0 Å². The molecular weight excluding hydrogens is 420 g/mol. The number of aryl methyl sites for hydroxylation is 1. The molecule has 4 aromatic rings. The van der Waals surface area contributed by atoms with E-state index in [0.717, 1.165) is 6.42 Å². The third kappa shape index (κ3) is 2.92. The summed E-state index contributed by atoms with van der Waals surface area (Å²) in [6.45, 7) is 16.4. The van der Waals surface area contributed by atoms with Gasteiger partial charge in [-0.3, -0.25) is 0 Å². The highest BCUT2D eigenvalue weighted by Crippen LogP contribution is 2.64. The van der Waals surface area contributed by atoms with Crippen molar-refractivity contribution in [2.75, 3.05) is 0 Å². The fraction of sp³-hybridized carbons (Fsp3) is 0.314. The summed E-state index contributed by atoms with van der Waals surface area (Å²) < 4.78 is 0. The van der Waals surface area contributed by atoms with Gasteiger partial charge in [-0.05, 0) is 78.4 Å². The SMILES string of the molecule is CCc1ccc2c(c1)C1(c3ccccc3-c3ccccc31)c1c-2cc(C(C)(C)C)cc1C(C)(C)C. The topological polar surface area (TPSA) is 0 Å². The van der Waals surface area contributed by atoms with Crippen molar-refractivity contribution in [3.63, 3.8) is 0 Å². The molecule has 0 heteroatoms. The Balaban J connectivity index is 1.87. The van der Waals surface area contributed by atoms with Crippen molar-refractivity contribution in [1.29, 1.82) is 0 Å². The zero-order chi connectivity index (χ0) is 24.8. The molecule has 0 heterocycles. The van der Waals surface area contributed by atoms with Crippen molar-refractivity contribution < 1.29 is 0 Å². The van der Waals surface area contributed by atoms with Gasteiger partial charge in [-0.1, -0.05) is 127 Å². The van der Waals surface area contributed by atoms with Crippen LogP contribution in [0.2, 0.25) is 0 Å². The molecule has 2 aliphatic rings. The molecule has 0 saturated carbocycles. The number of hydrogen-bond donors (Lipinski definition) is 0. The molecule has 0 atom stereocenters. The molecule has 0 bridgehead atoms. The Morgan fingerprint density at radius 1 is 0.571 bits per heavy atom. The van der Waals surface area contributed by atoms with E-state index >= 15 is 0 Å². The molecule has 0 aromatic heterocycles. The third-order valence-corrected chi connectivity index (χ3v) is 8.33. The second-order valence-electron chi connectivity index (χ2n) is 12.5. The summed E-state index contributed by atoms with van der Waals surface area (Å²) >= 11 is 0. The van der Waals surface area contributed by atoms with Crippen molar-refractivity contribution in [2.45, 2.75) is 71.1 Å². The first kappa shape index (κ1) is 22.4. The van der Waals surface area contributed by atoms with Crippen LogP contribution in [0.1, 0.15) is 87.4 Å². The summed E-state index contributed by atoms with van der Waals surface area (Å²) in [5.41, 5.74) is 15.5. The number of benzene rings is 4. The average molecular weight is 457 g/mol. The Labute approximate surface area is 211 Å². The van der Waals surface area contributed by atoms with E-state index in [1.165, 1.54) is 61.2 Å². The van der Waals surface area contributed by atoms with E-state index in [2.05, 4.69) is 127 Å². The summed E-state index contributed by atoms with van der Waals surface area (Å²) in [5, 5.41) is 0. The first-order valence-corrected chi connectivity index (χ1v) is 13.1. The maximum Gasteiger partial charge on any atom is 0.0728 e. The molecule has 0 unspecified atom stereocenters. The second kappa shape index (κ2) is 7.20. The summed E-state index contributed by atoms with van der Waals surface area (Å²) in [6, 6.07) is 30.6. The van der Waals surface area contributed by atoms with E-state index in [0.29, 0.717) is 0 Å². The minimum atomic E-state index is -0.276. The van der Waals surface area contributed by atoms with Crippen LogP contribution in [0.25, 0.3) is 22.3 Å². The minimum absolute atomic E-state index is 0.0143.